The molecule has 1 N–H and O–H groups in total. The molecule has 0 aliphatic carbocycles. The summed E-state index contributed by atoms with van der Waals surface area (Å²) in [6, 6.07) is 2.07. The third-order valence-corrected chi connectivity index (χ3v) is 4.06. The van der Waals surface area contributed by atoms with Gasteiger partial charge in [-0.2, -0.15) is 39.5 Å². The van der Waals surface area contributed by atoms with Crippen LogP contribution >= 0.6 is 0 Å². The van der Waals surface area contributed by atoms with Crippen molar-refractivity contribution in [3.63, 3.8) is 0 Å². The molecule has 1 aromatic carbocycles. The number of fused-ring (bicyclic) bond motifs is 1. The largest absolute Gasteiger partial charge is 0.417 e. The smallest absolute Gasteiger partial charge is 0.345 e. The summed E-state index contributed by atoms with van der Waals surface area (Å²) in [6.45, 7) is -0.612. The number of benzene rings is 1. The van der Waals surface area contributed by atoms with Gasteiger partial charge in [-0.05, 0) is 30.3 Å². The van der Waals surface area contributed by atoms with Crippen LogP contribution in [0.1, 0.15) is 32.9 Å². The molecule has 0 aliphatic rings. The zero-order valence-corrected chi connectivity index (χ0v) is 14.8. The molecule has 0 saturated carbocycles. The molecule has 0 aliphatic heterocycles. The number of amides is 1. The number of hydrogen-bond donors (Lipinski definition) is 1. The number of alkyl halides is 9. The second-order valence-corrected chi connectivity index (χ2v) is 6.24. The SMILES string of the molecule is O=C(NCc1nnc2ccc(C(F)(F)F)cn12)c1cc(C(F)(F)F)cc(C(F)(F)F)c1. The summed E-state index contributed by atoms with van der Waals surface area (Å²) >= 11 is 0. The molecule has 0 bridgehead atoms. The number of rotatable bonds is 3. The second kappa shape index (κ2) is 7.42. The number of aromatic nitrogens is 3. The van der Waals surface area contributed by atoms with Crippen molar-refractivity contribution in [2.45, 2.75) is 25.1 Å². The molecule has 166 valence electrons. The quantitative estimate of drug-likeness (QED) is 0.581. The number of hydrogen-bond acceptors (Lipinski definition) is 3. The van der Waals surface area contributed by atoms with Crippen LogP contribution in [0.3, 0.4) is 0 Å². The highest BCUT2D eigenvalue weighted by Gasteiger charge is 2.37. The Kier molecular flexibility index (Phi) is 5.36. The van der Waals surface area contributed by atoms with E-state index in [1.165, 1.54) is 0 Å². The topological polar surface area (TPSA) is 59.3 Å². The Hall–Kier alpha value is -3.32. The monoisotopic (exact) mass is 456 g/mol. The van der Waals surface area contributed by atoms with Gasteiger partial charge in [-0.25, -0.2) is 0 Å². The van der Waals surface area contributed by atoms with Gasteiger partial charge >= 0.3 is 18.5 Å². The molecule has 3 aromatic rings. The van der Waals surface area contributed by atoms with Gasteiger partial charge in [0.25, 0.3) is 5.91 Å². The minimum Gasteiger partial charge on any atom is -0.345 e. The lowest BCUT2D eigenvalue weighted by atomic mass is 10.0. The Labute approximate surface area is 166 Å². The molecule has 0 atom stereocenters. The molecule has 2 aromatic heterocycles. The fourth-order valence-corrected chi connectivity index (χ4v) is 2.57. The Bertz CT molecular complexity index is 1100. The van der Waals surface area contributed by atoms with Gasteiger partial charge in [0.05, 0.1) is 23.2 Å². The predicted molar refractivity (Wildman–Crippen MR) is 85.6 cm³/mol. The Morgan fingerprint density at radius 1 is 0.806 bits per heavy atom. The first-order chi connectivity index (χ1) is 14.2. The normalized spacial score (nSPS) is 12.9. The standard InChI is InChI=1S/C17H9F9N4O/c18-15(19,20)9-1-2-12-28-29-13(30(12)7-9)6-27-14(31)8-3-10(16(21,22)23)5-11(4-8)17(24,25)26/h1-5,7H,6H2,(H,27,31). The van der Waals surface area contributed by atoms with E-state index < -0.39 is 53.2 Å². The maximum atomic E-state index is 12.9. The van der Waals surface area contributed by atoms with Crippen LogP contribution in [0, 0.1) is 0 Å². The third-order valence-electron chi connectivity index (χ3n) is 4.06. The summed E-state index contributed by atoms with van der Waals surface area (Å²) in [7, 11) is 0. The summed E-state index contributed by atoms with van der Waals surface area (Å²) < 4.78 is 117. The first kappa shape index (κ1) is 22.4. The summed E-state index contributed by atoms with van der Waals surface area (Å²) in [5, 5.41) is 9.18. The molecule has 31 heavy (non-hydrogen) atoms. The van der Waals surface area contributed by atoms with E-state index in [4.69, 9.17) is 0 Å². The molecule has 0 saturated heterocycles. The van der Waals surface area contributed by atoms with Gasteiger partial charge in [-0.3, -0.25) is 9.20 Å². The number of pyridine rings is 1. The fraction of sp³-hybridized carbons (Fsp3) is 0.235. The van der Waals surface area contributed by atoms with E-state index in [1.807, 2.05) is 5.32 Å². The van der Waals surface area contributed by atoms with Crippen LogP contribution in [0.15, 0.2) is 36.5 Å². The first-order valence-electron chi connectivity index (χ1n) is 8.15. The van der Waals surface area contributed by atoms with Crippen molar-refractivity contribution in [1.82, 2.24) is 19.9 Å². The first-order valence-corrected chi connectivity index (χ1v) is 8.15. The van der Waals surface area contributed by atoms with E-state index in [2.05, 4.69) is 10.2 Å². The minimum atomic E-state index is -5.15. The molecule has 0 spiro atoms. The van der Waals surface area contributed by atoms with Crippen molar-refractivity contribution in [2.75, 3.05) is 0 Å². The van der Waals surface area contributed by atoms with Crippen LogP contribution in [0.5, 0.6) is 0 Å². The number of carbonyl (C=O) groups excluding carboxylic acids is 1. The van der Waals surface area contributed by atoms with E-state index in [9.17, 15) is 44.3 Å². The lowest BCUT2D eigenvalue weighted by Crippen LogP contribution is -2.25. The summed E-state index contributed by atoms with van der Waals surface area (Å²) in [4.78, 5) is 12.2. The molecule has 14 heteroatoms. The van der Waals surface area contributed by atoms with E-state index in [0.29, 0.717) is 6.20 Å². The van der Waals surface area contributed by atoms with Gasteiger partial charge in [0.2, 0.25) is 0 Å². The molecule has 1 amide bonds. The van der Waals surface area contributed by atoms with Crippen LogP contribution in [-0.2, 0) is 25.1 Å². The average molecular weight is 456 g/mol. The van der Waals surface area contributed by atoms with E-state index in [0.717, 1.165) is 16.5 Å². The average Bonchev–Trinajstić information content (AvgIpc) is 3.06. The molecule has 2 heterocycles. The highest BCUT2D eigenvalue weighted by molar-refractivity contribution is 5.94. The van der Waals surface area contributed by atoms with Crippen molar-refractivity contribution >= 4 is 11.6 Å². The van der Waals surface area contributed by atoms with E-state index >= 15 is 0 Å². The van der Waals surface area contributed by atoms with Crippen molar-refractivity contribution < 1.29 is 44.3 Å². The van der Waals surface area contributed by atoms with E-state index in [-0.39, 0.29) is 29.7 Å². The lowest BCUT2D eigenvalue weighted by Gasteiger charge is -2.14. The molecule has 5 nitrogen and oxygen atoms in total. The maximum absolute atomic E-state index is 12.9. The second-order valence-electron chi connectivity index (χ2n) is 6.24. The van der Waals surface area contributed by atoms with E-state index in [1.54, 1.807) is 0 Å². The molecular weight excluding hydrogens is 447 g/mol. The van der Waals surface area contributed by atoms with Gasteiger partial charge in [0.1, 0.15) is 0 Å². The summed E-state index contributed by atoms with van der Waals surface area (Å²) in [6.07, 6.45) is -14.3. The molecule has 0 fully saturated rings. The number of nitrogens with zero attached hydrogens (tertiary/aromatic N) is 3. The minimum absolute atomic E-state index is 0.0179. The zero-order chi connectivity index (χ0) is 23.2. The van der Waals surface area contributed by atoms with Crippen molar-refractivity contribution in [3.8, 4) is 0 Å². The Morgan fingerprint density at radius 2 is 1.35 bits per heavy atom. The Morgan fingerprint density at radius 3 is 1.87 bits per heavy atom. The van der Waals surface area contributed by atoms with Crippen LogP contribution in [-0.4, -0.2) is 20.5 Å². The predicted octanol–water partition coefficient (Wildman–Crippen LogP) is 4.72. The van der Waals surface area contributed by atoms with Crippen LogP contribution < -0.4 is 5.32 Å². The maximum Gasteiger partial charge on any atom is 0.417 e. The van der Waals surface area contributed by atoms with Gasteiger partial charge in [0.15, 0.2) is 11.5 Å². The molecular formula is C17H9F9N4O. The Balaban J connectivity index is 1.89. The van der Waals surface area contributed by atoms with Crippen LogP contribution in [0.25, 0.3) is 5.65 Å². The van der Waals surface area contributed by atoms with Crippen molar-refractivity contribution in [3.05, 3.63) is 64.6 Å². The van der Waals surface area contributed by atoms with Crippen molar-refractivity contribution in [2.24, 2.45) is 0 Å². The van der Waals surface area contributed by atoms with Gasteiger partial charge in [-0.15, -0.1) is 10.2 Å². The number of nitrogens with one attached hydrogen (secondary N) is 1. The summed E-state index contributed by atoms with van der Waals surface area (Å²) in [5.74, 6) is -1.54. The number of halogens is 9. The fourth-order valence-electron chi connectivity index (χ4n) is 2.57. The van der Waals surface area contributed by atoms with Crippen LogP contribution in [0.4, 0.5) is 39.5 Å². The van der Waals surface area contributed by atoms with Gasteiger partial charge < -0.3 is 5.32 Å². The van der Waals surface area contributed by atoms with Crippen molar-refractivity contribution in [1.29, 1.82) is 0 Å². The van der Waals surface area contributed by atoms with Gasteiger partial charge in [-0.1, -0.05) is 0 Å². The zero-order valence-electron chi connectivity index (χ0n) is 14.8. The molecule has 0 radical (unpaired) electrons. The highest BCUT2D eigenvalue weighted by Crippen LogP contribution is 2.36. The third kappa shape index (κ3) is 4.88. The molecule has 0 unspecified atom stereocenters. The lowest BCUT2D eigenvalue weighted by molar-refractivity contribution is -0.143. The summed E-state index contributed by atoms with van der Waals surface area (Å²) in [5.41, 5.74) is -5.38. The number of carbonyl (C=O) groups is 1. The van der Waals surface area contributed by atoms with Crippen LogP contribution in [0.2, 0.25) is 0 Å². The molecule has 3 rings (SSSR count). The van der Waals surface area contributed by atoms with Gasteiger partial charge in [0, 0.05) is 11.8 Å². The highest BCUT2D eigenvalue weighted by atomic mass is 19.4.